The molecular formula is C11H22O2S. The van der Waals surface area contributed by atoms with Crippen LogP contribution in [0, 0.1) is 5.92 Å². The van der Waals surface area contributed by atoms with Crippen molar-refractivity contribution in [3.05, 3.63) is 0 Å². The van der Waals surface area contributed by atoms with Gasteiger partial charge in [-0.15, -0.1) is 0 Å². The Bertz CT molecular complexity index is 146. The first-order chi connectivity index (χ1) is 6.63. The minimum absolute atomic E-state index is 0.302. The molecular weight excluding hydrogens is 196 g/mol. The Morgan fingerprint density at radius 3 is 2.50 bits per heavy atom. The normalized spacial score (nSPS) is 10.8. The fourth-order valence-electron chi connectivity index (χ4n) is 1.20. The Morgan fingerprint density at radius 2 is 1.93 bits per heavy atom. The highest BCUT2D eigenvalue weighted by Gasteiger charge is 1.97. The predicted molar refractivity (Wildman–Crippen MR) is 62.9 cm³/mol. The van der Waals surface area contributed by atoms with Crippen molar-refractivity contribution in [2.24, 2.45) is 5.92 Å². The van der Waals surface area contributed by atoms with Crippen LogP contribution in [-0.2, 0) is 4.79 Å². The van der Waals surface area contributed by atoms with Gasteiger partial charge < -0.3 is 5.11 Å². The quantitative estimate of drug-likeness (QED) is 0.603. The van der Waals surface area contributed by atoms with Crippen LogP contribution in [0.25, 0.3) is 0 Å². The van der Waals surface area contributed by atoms with Crippen molar-refractivity contribution in [3.63, 3.8) is 0 Å². The molecule has 3 heteroatoms. The van der Waals surface area contributed by atoms with Gasteiger partial charge in [0.2, 0.25) is 0 Å². The Balaban J connectivity index is 2.96. The fourth-order valence-corrected chi connectivity index (χ4v) is 2.13. The number of carboxylic acid groups (broad SMARTS) is 1. The summed E-state index contributed by atoms with van der Waals surface area (Å²) in [5.74, 6) is 2.01. The summed E-state index contributed by atoms with van der Waals surface area (Å²) in [5.41, 5.74) is 0. The molecule has 0 aromatic carbocycles. The average molecular weight is 218 g/mol. The first kappa shape index (κ1) is 13.8. The van der Waals surface area contributed by atoms with Gasteiger partial charge in [0.1, 0.15) is 0 Å². The minimum atomic E-state index is -0.683. The summed E-state index contributed by atoms with van der Waals surface area (Å²) >= 11 is 1.76. The zero-order chi connectivity index (χ0) is 10.8. The van der Waals surface area contributed by atoms with Crippen molar-refractivity contribution < 1.29 is 9.90 Å². The van der Waals surface area contributed by atoms with Gasteiger partial charge in [-0.1, -0.05) is 33.1 Å². The maximum Gasteiger partial charge on any atom is 0.304 e. The van der Waals surface area contributed by atoms with Crippen LogP contribution in [0.3, 0.4) is 0 Å². The predicted octanol–water partition coefficient (Wildman–Crippen LogP) is 3.41. The fraction of sp³-hybridized carbons (Fsp3) is 0.909. The molecule has 0 bridgehead atoms. The largest absolute Gasteiger partial charge is 0.481 e. The number of hydrogen-bond donors (Lipinski definition) is 1. The number of thioether (sulfide) groups is 1. The van der Waals surface area contributed by atoms with Crippen LogP contribution >= 0.6 is 11.8 Å². The summed E-state index contributed by atoms with van der Waals surface area (Å²) in [5, 5.41) is 8.40. The monoisotopic (exact) mass is 218 g/mol. The summed E-state index contributed by atoms with van der Waals surface area (Å²) in [7, 11) is 0. The number of aliphatic carboxylic acids is 1. The highest BCUT2D eigenvalue weighted by atomic mass is 32.2. The van der Waals surface area contributed by atoms with Gasteiger partial charge in [0.15, 0.2) is 0 Å². The summed E-state index contributed by atoms with van der Waals surface area (Å²) in [6, 6.07) is 0. The summed E-state index contributed by atoms with van der Waals surface area (Å²) in [4.78, 5) is 10.2. The second-order valence-electron chi connectivity index (χ2n) is 4.00. The van der Waals surface area contributed by atoms with Crippen LogP contribution < -0.4 is 0 Å². The summed E-state index contributed by atoms with van der Waals surface area (Å²) < 4.78 is 0. The minimum Gasteiger partial charge on any atom is -0.481 e. The lowest BCUT2D eigenvalue weighted by Gasteiger charge is -2.03. The van der Waals surface area contributed by atoms with E-state index < -0.39 is 5.97 Å². The topological polar surface area (TPSA) is 37.3 Å². The average Bonchev–Trinajstić information content (AvgIpc) is 2.08. The van der Waals surface area contributed by atoms with E-state index in [1.807, 2.05) is 0 Å². The van der Waals surface area contributed by atoms with Gasteiger partial charge in [-0.05, 0) is 18.1 Å². The molecule has 84 valence electrons. The van der Waals surface area contributed by atoms with E-state index in [2.05, 4.69) is 13.8 Å². The molecule has 0 amide bonds. The Morgan fingerprint density at radius 1 is 1.21 bits per heavy atom. The maximum absolute atomic E-state index is 10.2. The lowest BCUT2D eigenvalue weighted by atomic mass is 10.1. The van der Waals surface area contributed by atoms with Gasteiger partial charge in [-0.2, -0.15) is 11.8 Å². The molecule has 14 heavy (non-hydrogen) atoms. The second-order valence-corrected chi connectivity index (χ2v) is 5.22. The third-order valence-corrected chi connectivity index (χ3v) is 3.10. The molecule has 0 saturated heterocycles. The van der Waals surface area contributed by atoms with Gasteiger partial charge in [0.05, 0.1) is 6.42 Å². The molecule has 0 spiro atoms. The van der Waals surface area contributed by atoms with Crippen molar-refractivity contribution >= 4 is 17.7 Å². The molecule has 0 atom stereocenters. The molecule has 0 aromatic rings. The standard InChI is InChI=1S/C11H22O2S/c1-10(2)6-4-3-5-8-14-9-7-11(12)13/h10H,3-9H2,1-2H3,(H,12,13). The second kappa shape index (κ2) is 9.38. The van der Waals surface area contributed by atoms with Gasteiger partial charge >= 0.3 is 5.97 Å². The van der Waals surface area contributed by atoms with Crippen molar-refractivity contribution in [3.8, 4) is 0 Å². The highest BCUT2D eigenvalue weighted by molar-refractivity contribution is 7.99. The number of unbranched alkanes of at least 4 members (excludes halogenated alkanes) is 2. The molecule has 0 heterocycles. The zero-order valence-electron chi connectivity index (χ0n) is 9.29. The smallest absolute Gasteiger partial charge is 0.304 e. The van der Waals surface area contributed by atoms with E-state index in [4.69, 9.17) is 5.11 Å². The van der Waals surface area contributed by atoms with Gasteiger partial charge in [0.25, 0.3) is 0 Å². The first-order valence-electron chi connectivity index (χ1n) is 5.42. The molecule has 1 N–H and O–H groups in total. The Labute approximate surface area is 91.5 Å². The molecule has 0 radical (unpaired) electrons. The highest BCUT2D eigenvalue weighted by Crippen LogP contribution is 2.11. The molecule has 2 nitrogen and oxygen atoms in total. The zero-order valence-corrected chi connectivity index (χ0v) is 10.1. The molecule has 0 rings (SSSR count). The molecule has 0 saturated carbocycles. The first-order valence-corrected chi connectivity index (χ1v) is 6.58. The van der Waals surface area contributed by atoms with E-state index in [1.165, 1.54) is 25.7 Å². The number of rotatable bonds is 9. The molecule has 0 unspecified atom stereocenters. The van der Waals surface area contributed by atoms with Crippen molar-refractivity contribution in [1.29, 1.82) is 0 Å². The van der Waals surface area contributed by atoms with Crippen LogP contribution in [0.5, 0.6) is 0 Å². The van der Waals surface area contributed by atoms with Gasteiger partial charge in [-0.25, -0.2) is 0 Å². The third kappa shape index (κ3) is 11.8. The van der Waals surface area contributed by atoms with E-state index in [0.717, 1.165) is 17.4 Å². The van der Waals surface area contributed by atoms with Crippen molar-refractivity contribution in [2.75, 3.05) is 11.5 Å². The third-order valence-electron chi connectivity index (χ3n) is 2.03. The Hall–Kier alpha value is -0.180. The van der Waals surface area contributed by atoms with Crippen LogP contribution in [0.2, 0.25) is 0 Å². The van der Waals surface area contributed by atoms with Crippen LogP contribution in [-0.4, -0.2) is 22.6 Å². The molecule has 0 fully saturated rings. The Kier molecular flexibility index (Phi) is 9.26. The summed E-state index contributed by atoms with van der Waals surface area (Å²) in [6.07, 6.45) is 5.46. The summed E-state index contributed by atoms with van der Waals surface area (Å²) in [6.45, 7) is 4.50. The van der Waals surface area contributed by atoms with E-state index >= 15 is 0 Å². The van der Waals surface area contributed by atoms with E-state index in [-0.39, 0.29) is 0 Å². The SMILES string of the molecule is CC(C)CCCCCSCCC(=O)O. The lowest BCUT2D eigenvalue weighted by molar-refractivity contribution is -0.136. The molecule has 0 aromatic heterocycles. The van der Waals surface area contributed by atoms with Gasteiger partial charge in [0, 0.05) is 5.75 Å². The van der Waals surface area contributed by atoms with E-state index in [9.17, 15) is 4.79 Å². The lowest BCUT2D eigenvalue weighted by Crippen LogP contribution is -1.96. The number of carboxylic acids is 1. The van der Waals surface area contributed by atoms with Crippen LogP contribution in [0.4, 0.5) is 0 Å². The van der Waals surface area contributed by atoms with E-state index in [0.29, 0.717) is 6.42 Å². The van der Waals surface area contributed by atoms with E-state index in [1.54, 1.807) is 11.8 Å². The van der Waals surface area contributed by atoms with Crippen LogP contribution in [0.15, 0.2) is 0 Å². The molecule has 0 aliphatic carbocycles. The van der Waals surface area contributed by atoms with Crippen molar-refractivity contribution in [1.82, 2.24) is 0 Å². The van der Waals surface area contributed by atoms with Crippen LogP contribution in [0.1, 0.15) is 46.0 Å². The molecule has 0 aliphatic heterocycles. The molecule has 0 aliphatic rings. The number of carbonyl (C=O) groups is 1. The van der Waals surface area contributed by atoms with Gasteiger partial charge in [-0.3, -0.25) is 4.79 Å². The number of hydrogen-bond acceptors (Lipinski definition) is 2. The maximum atomic E-state index is 10.2. The van der Waals surface area contributed by atoms with Crippen molar-refractivity contribution in [2.45, 2.75) is 46.0 Å².